The smallest absolute Gasteiger partial charge is 0.322 e. The predicted molar refractivity (Wildman–Crippen MR) is 91.5 cm³/mol. The first-order valence-corrected chi connectivity index (χ1v) is 13.6. The maximum atomic E-state index is 6.20. The molecule has 0 heterocycles. The van der Waals surface area contributed by atoms with Gasteiger partial charge in [-0.15, -0.1) is 6.58 Å². The van der Waals surface area contributed by atoms with E-state index in [1.807, 2.05) is 6.08 Å². The van der Waals surface area contributed by atoms with Crippen LogP contribution in [0, 0.1) is 0 Å². The fourth-order valence-corrected chi connectivity index (χ4v) is 8.51. The van der Waals surface area contributed by atoms with Crippen molar-refractivity contribution in [1.29, 1.82) is 0 Å². The Morgan fingerprint density at radius 2 is 1.40 bits per heavy atom. The topological polar surface area (TPSA) is 27.7 Å². The van der Waals surface area contributed by atoms with Crippen LogP contribution in [0.5, 0.6) is 0 Å². The Labute approximate surface area is 128 Å². The van der Waals surface area contributed by atoms with Gasteiger partial charge in [-0.1, -0.05) is 38.7 Å². The Kier molecular flexibility index (Phi) is 10.8. The third-order valence-corrected chi connectivity index (χ3v) is 8.69. The molecule has 0 radical (unpaired) electrons. The van der Waals surface area contributed by atoms with Crippen LogP contribution >= 0.6 is 0 Å². The van der Waals surface area contributed by atoms with E-state index in [9.17, 15) is 0 Å². The highest BCUT2D eigenvalue weighted by atomic mass is 28.5. The molecule has 0 fully saturated rings. The zero-order valence-corrected chi connectivity index (χ0v) is 16.2. The van der Waals surface area contributed by atoms with E-state index in [1.54, 1.807) is 0 Å². The predicted octanol–water partition coefficient (Wildman–Crippen LogP) is 4.99. The second-order valence-electron chi connectivity index (χ2n) is 6.09. The third-order valence-electron chi connectivity index (χ3n) is 2.96. The molecule has 0 spiro atoms. The highest BCUT2D eigenvalue weighted by Crippen LogP contribution is 2.17. The molecule has 0 saturated heterocycles. The highest BCUT2D eigenvalue weighted by molar-refractivity contribution is 6.78. The van der Waals surface area contributed by atoms with Crippen molar-refractivity contribution >= 4 is 17.1 Å². The van der Waals surface area contributed by atoms with E-state index in [0.717, 1.165) is 19.4 Å². The summed E-state index contributed by atoms with van der Waals surface area (Å²) in [6, 6.07) is 0. The molecule has 0 amide bonds. The van der Waals surface area contributed by atoms with E-state index in [2.05, 4.69) is 39.7 Å². The maximum Gasteiger partial charge on any atom is 0.322 e. The lowest BCUT2D eigenvalue weighted by molar-refractivity contribution is 0.195. The zero-order chi connectivity index (χ0) is 15.5. The zero-order valence-electron chi connectivity index (χ0n) is 14.2. The summed E-state index contributed by atoms with van der Waals surface area (Å²) < 4.78 is 18.1. The Hall–Kier alpha value is 0.0538. The summed E-state index contributed by atoms with van der Waals surface area (Å²) in [6.07, 6.45) is 9.07. The first-order chi connectivity index (χ1) is 9.33. The molecule has 0 unspecified atom stereocenters. The summed E-state index contributed by atoms with van der Waals surface area (Å²) in [5.74, 6) is 0. The third kappa shape index (κ3) is 11.8. The van der Waals surface area contributed by atoms with Gasteiger partial charge in [0.2, 0.25) is 0 Å². The number of unbranched alkanes of at least 4 members (excludes halogenated alkanes) is 4. The molecule has 0 saturated carbocycles. The number of rotatable bonds is 13. The summed E-state index contributed by atoms with van der Waals surface area (Å²) in [4.78, 5) is 0. The van der Waals surface area contributed by atoms with Crippen molar-refractivity contribution in [1.82, 2.24) is 0 Å². The fraction of sp³-hybridized carbons (Fsp3) is 0.867. The summed E-state index contributed by atoms with van der Waals surface area (Å²) in [6.45, 7) is 15.9. The van der Waals surface area contributed by atoms with Gasteiger partial charge in [-0.2, -0.15) is 0 Å². The van der Waals surface area contributed by atoms with Crippen LogP contribution in [0.25, 0.3) is 0 Å². The van der Waals surface area contributed by atoms with Crippen LogP contribution in [0.4, 0.5) is 0 Å². The maximum absolute atomic E-state index is 6.20. The normalized spacial score (nSPS) is 12.7. The Bertz CT molecular complexity index is 256. The van der Waals surface area contributed by atoms with Crippen LogP contribution in [0.15, 0.2) is 12.7 Å². The van der Waals surface area contributed by atoms with Crippen molar-refractivity contribution in [3.8, 4) is 0 Å². The van der Waals surface area contributed by atoms with E-state index in [-0.39, 0.29) is 0 Å². The van der Waals surface area contributed by atoms with Gasteiger partial charge in [0, 0.05) is 13.2 Å². The first-order valence-electron chi connectivity index (χ1n) is 7.92. The molecule has 3 nitrogen and oxygen atoms in total. The SMILES string of the molecule is C=CCCO[Si](C)(C)O[Si](C)(C)OCCCCCCC. The minimum atomic E-state index is -2.07. The van der Waals surface area contributed by atoms with Gasteiger partial charge in [0.05, 0.1) is 0 Å². The second-order valence-corrected chi connectivity index (χ2v) is 13.1. The molecule has 20 heavy (non-hydrogen) atoms. The van der Waals surface area contributed by atoms with Crippen molar-refractivity contribution in [2.45, 2.75) is 71.6 Å². The van der Waals surface area contributed by atoms with Gasteiger partial charge in [0.1, 0.15) is 0 Å². The van der Waals surface area contributed by atoms with Crippen molar-refractivity contribution in [3.05, 3.63) is 12.7 Å². The molecule has 0 rings (SSSR count). The van der Waals surface area contributed by atoms with Gasteiger partial charge in [0.15, 0.2) is 0 Å². The van der Waals surface area contributed by atoms with Crippen molar-refractivity contribution in [2.24, 2.45) is 0 Å². The van der Waals surface area contributed by atoms with E-state index < -0.39 is 17.1 Å². The molecule has 0 aromatic rings. The van der Waals surface area contributed by atoms with E-state index >= 15 is 0 Å². The van der Waals surface area contributed by atoms with Crippen molar-refractivity contribution < 1.29 is 13.0 Å². The number of hydrogen-bond acceptors (Lipinski definition) is 3. The van der Waals surface area contributed by atoms with E-state index in [1.165, 1.54) is 25.7 Å². The molecule has 0 aliphatic rings. The minimum Gasteiger partial charge on any atom is -0.415 e. The highest BCUT2D eigenvalue weighted by Gasteiger charge is 2.36. The van der Waals surface area contributed by atoms with Gasteiger partial charge in [-0.3, -0.25) is 0 Å². The molecule has 0 N–H and O–H groups in total. The van der Waals surface area contributed by atoms with Crippen molar-refractivity contribution in [2.75, 3.05) is 13.2 Å². The first kappa shape index (κ1) is 20.1. The van der Waals surface area contributed by atoms with E-state index in [0.29, 0.717) is 6.61 Å². The minimum absolute atomic E-state index is 0.699. The molecule has 0 atom stereocenters. The molecular formula is C15H34O3Si2. The fourth-order valence-electron chi connectivity index (χ4n) is 2.06. The second kappa shape index (κ2) is 10.7. The molecule has 5 heteroatoms. The van der Waals surface area contributed by atoms with Crippen LogP contribution in [0.3, 0.4) is 0 Å². The summed E-state index contributed by atoms with van der Waals surface area (Å²) in [7, 11) is -4.12. The molecule has 0 aliphatic heterocycles. The Balaban J connectivity index is 3.88. The lowest BCUT2D eigenvalue weighted by Crippen LogP contribution is -2.48. The van der Waals surface area contributed by atoms with Gasteiger partial charge in [-0.05, 0) is 39.0 Å². The molecule has 0 aromatic carbocycles. The molecule has 0 bridgehead atoms. The van der Waals surface area contributed by atoms with Crippen LogP contribution < -0.4 is 0 Å². The summed E-state index contributed by atoms with van der Waals surface area (Å²) >= 11 is 0. The van der Waals surface area contributed by atoms with Crippen molar-refractivity contribution in [3.63, 3.8) is 0 Å². The van der Waals surface area contributed by atoms with E-state index in [4.69, 9.17) is 13.0 Å². The standard InChI is InChI=1S/C15H34O3Si2/c1-7-9-11-12-13-15-17-20(5,6)18-19(3,4)16-14-10-8-2/h8H,2,7,9-15H2,1,3-6H3. The Morgan fingerprint density at radius 3 is 1.95 bits per heavy atom. The lowest BCUT2D eigenvalue weighted by atomic mass is 10.2. The lowest BCUT2D eigenvalue weighted by Gasteiger charge is -2.32. The molecule has 0 aliphatic carbocycles. The Morgan fingerprint density at radius 1 is 0.850 bits per heavy atom. The molecule has 0 aromatic heterocycles. The average molecular weight is 319 g/mol. The largest absolute Gasteiger partial charge is 0.415 e. The van der Waals surface area contributed by atoms with Gasteiger partial charge >= 0.3 is 17.1 Å². The van der Waals surface area contributed by atoms with Gasteiger partial charge in [0.25, 0.3) is 0 Å². The average Bonchev–Trinajstić information content (AvgIpc) is 2.32. The quantitative estimate of drug-likeness (QED) is 0.272. The molecular weight excluding hydrogens is 284 g/mol. The monoisotopic (exact) mass is 318 g/mol. The van der Waals surface area contributed by atoms with Crippen LogP contribution in [-0.4, -0.2) is 30.3 Å². The van der Waals surface area contributed by atoms with Crippen LogP contribution in [0.1, 0.15) is 45.4 Å². The van der Waals surface area contributed by atoms with Crippen LogP contribution in [0.2, 0.25) is 26.2 Å². The van der Waals surface area contributed by atoms with Crippen LogP contribution in [-0.2, 0) is 13.0 Å². The van der Waals surface area contributed by atoms with Gasteiger partial charge in [-0.25, -0.2) is 0 Å². The summed E-state index contributed by atoms with van der Waals surface area (Å²) in [5, 5.41) is 0. The summed E-state index contributed by atoms with van der Waals surface area (Å²) in [5.41, 5.74) is 0. The molecule has 120 valence electrons. The van der Waals surface area contributed by atoms with Gasteiger partial charge < -0.3 is 13.0 Å². The number of hydrogen-bond donors (Lipinski definition) is 0.